The van der Waals surface area contributed by atoms with Gasteiger partial charge in [-0.1, -0.05) is 5.16 Å². The van der Waals surface area contributed by atoms with Gasteiger partial charge in [-0.05, 0) is 0 Å². The van der Waals surface area contributed by atoms with E-state index in [2.05, 4.69) is 14.6 Å². The topological polar surface area (TPSA) is 74.2 Å². The van der Waals surface area contributed by atoms with Crippen molar-refractivity contribution in [3.8, 4) is 0 Å². The van der Waals surface area contributed by atoms with E-state index in [0.29, 0.717) is 5.71 Å². The molecule has 0 aromatic heterocycles. The molecule has 1 atom stereocenters. The quantitative estimate of drug-likeness (QED) is 0.594. The minimum absolute atomic E-state index is 0.0456. The van der Waals surface area contributed by atoms with E-state index in [9.17, 15) is 9.59 Å². The van der Waals surface area contributed by atoms with E-state index in [4.69, 9.17) is 4.84 Å². The molecule has 0 saturated carbocycles. The number of rotatable bonds is 3. The number of methoxy groups -OCH3 is 2. The summed E-state index contributed by atoms with van der Waals surface area (Å²) >= 11 is 0. The summed E-state index contributed by atoms with van der Waals surface area (Å²) in [6.45, 7) is 0. The van der Waals surface area contributed by atoms with Crippen LogP contribution in [0.2, 0.25) is 0 Å². The van der Waals surface area contributed by atoms with Gasteiger partial charge in [0.1, 0.15) is 0 Å². The summed E-state index contributed by atoms with van der Waals surface area (Å²) in [6, 6.07) is 0. The monoisotopic (exact) mass is 201 g/mol. The third kappa shape index (κ3) is 2.45. The van der Waals surface area contributed by atoms with Gasteiger partial charge in [0.05, 0.1) is 26.4 Å². The molecule has 0 N–H and O–H groups in total. The average Bonchev–Trinajstić information content (AvgIpc) is 2.65. The molecule has 1 unspecified atom stereocenters. The molecule has 0 fully saturated rings. The molecule has 78 valence electrons. The molecule has 1 heterocycles. The second-order valence-corrected chi connectivity index (χ2v) is 2.73. The fourth-order valence-corrected chi connectivity index (χ4v) is 1.03. The second-order valence-electron chi connectivity index (χ2n) is 2.73. The molecule has 0 radical (unpaired) electrons. The molecular formula is C8H11NO5. The van der Waals surface area contributed by atoms with Gasteiger partial charge in [-0.3, -0.25) is 4.79 Å². The summed E-state index contributed by atoms with van der Waals surface area (Å²) in [5.74, 6) is -0.897. The van der Waals surface area contributed by atoms with Crippen LogP contribution in [0.3, 0.4) is 0 Å². The van der Waals surface area contributed by atoms with Crippen LogP contribution in [0.15, 0.2) is 5.16 Å². The van der Waals surface area contributed by atoms with Gasteiger partial charge in [0.2, 0.25) is 6.10 Å². The zero-order chi connectivity index (χ0) is 10.6. The summed E-state index contributed by atoms with van der Waals surface area (Å²) in [5.41, 5.74) is 0.493. The number of esters is 2. The first-order valence-corrected chi connectivity index (χ1v) is 4.03. The Balaban J connectivity index is 2.40. The molecule has 0 aliphatic carbocycles. The number of hydrogen-bond acceptors (Lipinski definition) is 6. The van der Waals surface area contributed by atoms with Crippen molar-refractivity contribution in [3.05, 3.63) is 0 Å². The van der Waals surface area contributed by atoms with Crippen molar-refractivity contribution in [3.63, 3.8) is 0 Å². The minimum atomic E-state index is -0.723. The number of ether oxygens (including phenoxy) is 2. The maximum absolute atomic E-state index is 11.0. The lowest BCUT2D eigenvalue weighted by Gasteiger charge is -2.03. The van der Waals surface area contributed by atoms with E-state index in [1.54, 1.807) is 0 Å². The molecule has 6 heteroatoms. The molecule has 0 aromatic carbocycles. The maximum atomic E-state index is 11.0. The zero-order valence-electron chi connectivity index (χ0n) is 7.98. The van der Waals surface area contributed by atoms with Crippen molar-refractivity contribution in [2.45, 2.75) is 18.9 Å². The van der Waals surface area contributed by atoms with Crippen molar-refractivity contribution in [1.82, 2.24) is 0 Å². The first-order valence-electron chi connectivity index (χ1n) is 4.03. The molecule has 0 aromatic rings. The SMILES string of the molecule is COC(=O)CC1=NOC(C(=O)OC)C1. The second kappa shape index (κ2) is 4.59. The van der Waals surface area contributed by atoms with E-state index < -0.39 is 18.0 Å². The average molecular weight is 201 g/mol. The zero-order valence-corrected chi connectivity index (χ0v) is 7.98. The van der Waals surface area contributed by atoms with Gasteiger partial charge in [0.15, 0.2) is 0 Å². The molecule has 6 nitrogen and oxygen atoms in total. The third-order valence-corrected chi connectivity index (χ3v) is 1.77. The van der Waals surface area contributed by atoms with Crippen molar-refractivity contribution in [1.29, 1.82) is 0 Å². The van der Waals surface area contributed by atoms with Gasteiger partial charge in [0.25, 0.3) is 0 Å². The lowest BCUT2D eigenvalue weighted by atomic mass is 10.1. The van der Waals surface area contributed by atoms with Crippen molar-refractivity contribution in [2.24, 2.45) is 5.16 Å². The number of oxime groups is 1. The minimum Gasteiger partial charge on any atom is -0.469 e. The lowest BCUT2D eigenvalue weighted by molar-refractivity contribution is -0.152. The summed E-state index contributed by atoms with van der Waals surface area (Å²) in [4.78, 5) is 26.6. The summed E-state index contributed by atoms with van der Waals surface area (Å²) < 4.78 is 8.90. The molecule has 0 saturated heterocycles. The molecule has 1 aliphatic heterocycles. The van der Waals surface area contributed by atoms with Crippen LogP contribution in [0.4, 0.5) is 0 Å². The van der Waals surface area contributed by atoms with Crippen LogP contribution < -0.4 is 0 Å². The standard InChI is InChI=1S/C8H11NO5/c1-12-7(10)4-5-3-6(14-9-5)8(11)13-2/h6H,3-4H2,1-2H3. The molecule has 0 bridgehead atoms. The number of nitrogens with zero attached hydrogens (tertiary/aromatic N) is 1. The highest BCUT2D eigenvalue weighted by atomic mass is 16.7. The van der Waals surface area contributed by atoms with Gasteiger partial charge < -0.3 is 14.3 Å². The molecule has 0 amide bonds. The Labute approximate surface area is 80.8 Å². The molecule has 1 aliphatic rings. The Bertz CT molecular complexity index is 273. The van der Waals surface area contributed by atoms with Gasteiger partial charge in [0, 0.05) is 6.42 Å². The van der Waals surface area contributed by atoms with Crippen molar-refractivity contribution in [2.75, 3.05) is 14.2 Å². The molecular weight excluding hydrogens is 190 g/mol. The van der Waals surface area contributed by atoms with Gasteiger partial charge in [-0.25, -0.2) is 4.79 Å². The Morgan fingerprint density at radius 2 is 2.21 bits per heavy atom. The van der Waals surface area contributed by atoms with E-state index >= 15 is 0 Å². The smallest absolute Gasteiger partial charge is 0.350 e. The maximum Gasteiger partial charge on any atom is 0.350 e. The van der Waals surface area contributed by atoms with Crippen LogP contribution in [-0.2, 0) is 23.9 Å². The van der Waals surface area contributed by atoms with Crippen LogP contribution >= 0.6 is 0 Å². The first-order chi connectivity index (χ1) is 6.67. The predicted molar refractivity (Wildman–Crippen MR) is 45.6 cm³/mol. The normalized spacial score (nSPS) is 19.6. The number of carbonyl (C=O) groups is 2. The predicted octanol–water partition coefficient (Wildman–Crippen LogP) is -0.133. The summed E-state index contributed by atoms with van der Waals surface area (Å²) in [7, 11) is 2.56. The van der Waals surface area contributed by atoms with Crippen LogP contribution in [0, 0.1) is 0 Å². The molecule has 1 rings (SSSR count). The van der Waals surface area contributed by atoms with E-state index in [1.165, 1.54) is 14.2 Å². The number of carbonyl (C=O) groups excluding carboxylic acids is 2. The highest BCUT2D eigenvalue weighted by molar-refractivity contribution is 6.01. The van der Waals surface area contributed by atoms with E-state index in [0.717, 1.165) is 0 Å². The largest absolute Gasteiger partial charge is 0.469 e. The van der Waals surface area contributed by atoms with Crippen LogP contribution in [0.5, 0.6) is 0 Å². The van der Waals surface area contributed by atoms with Gasteiger partial charge >= 0.3 is 11.9 Å². The highest BCUT2D eigenvalue weighted by Gasteiger charge is 2.29. The fraction of sp³-hybridized carbons (Fsp3) is 0.625. The lowest BCUT2D eigenvalue weighted by Crippen LogP contribution is -2.22. The number of hydrogen-bond donors (Lipinski definition) is 0. The fourth-order valence-electron chi connectivity index (χ4n) is 1.03. The van der Waals surface area contributed by atoms with Crippen LogP contribution in [0.25, 0.3) is 0 Å². The van der Waals surface area contributed by atoms with Crippen molar-refractivity contribution < 1.29 is 23.9 Å². The summed E-state index contributed by atoms with van der Waals surface area (Å²) in [6.07, 6.45) is -0.397. The Morgan fingerprint density at radius 3 is 2.79 bits per heavy atom. The first kappa shape index (κ1) is 10.5. The van der Waals surface area contributed by atoms with Gasteiger partial charge in [-0.2, -0.15) is 0 Å². The summed E-state index contributed by atoms with van der Waals surface area (Å²) in [5, 5.41) is 3.59. The Kier molecular flexibility index (Phi) is 3.44. The Hall–Kier alpha value is -1.59. The van der Waals surface area contributed by atoms with E-state index in [1.807, 2.05) is 0 Å². The van der Waals surface area contributed by atoms with Crippen LogP contribution in [-0.4, -0.2) is 38.0 Å². The molecule has 14 heavy (non-hydrogen) atoms. The highest BCUT2D eigenvalue weighted by Crippen LogP contribution is 2.14. The van der Waals surface area contributed by atoms with Crippen molar-refractivity contribution >= 4 is 17.7 Å². The Morgan fingerprint density at radius 1 is 1.50 bits per heavy atom. The molecule has 0 spiro atoms. The third-order valence-electron chi connectivity index (χ3n) is 1.77. The van der Waals surface area contributed by atoms with Crippen LogP contribution in [0.1, 0.15) is 12.8 Å². The van der Waals surface area contributed by atoms with E-state index in [-0.39, 0.29) is 12.8 Å². The van der Waals surface area contributed by atoms with Gasteiger partial charge in [-0.15, -0.1) is 0 Å².